The van der Waals surface area contributed by atoms with Crippen molar-refractivity contribution in [2.45, 2.75) is 19.5 Å². The highest BCUT2D eigenvalue weighted by Crippen LogP contribution is 2.03. The predicted molar refractivity (Wildman–Crippen MR) is 84.0 cm³/mol. The van der Waals surface area contributed by atoms with E-state index in [1.54, 1.807) is 36.4 Å². The molecule has 0 aliphatic rings. The summed E-state index contributed by atoms with van der Waals surface area (Å²) in [5.74, 6) is 0.375. The van der Waals surface area contributed by atoms with Crippen LogP contribution in [0.5, 0.6) is 0 Å². The van der Waals surface area contributed by atoms with Gasteiger partial charge in [-0.05, 0) is 24.3 Å². The molecule has 3 rings (SSSR count). The van der Waals surface area contributed by atoms with Gasteiger partial charge in [-0.3, -0.25) is 14.2 Å². The molecule has 0 aliphatic carbocycles. The highest BCUT2D eigenvalue weighted by molar-refractivity contribution is 5.77. The summed E-state index contributed by atoms with van der Waals surface area (Å²) in [5, 5.41) is 3.09. The van der Waals surface area contributed by atoms with Crippen LogP contribution in [-0.2, 0) is 17.9 Å². The van der Waals surface area contributed by atoms with Crippen LogP contribution in [0, 0.1) is 0 Å². The van der Waals surface area contributed by atoms with E-state index in [2.05, 4.69) is 10.3 Å². The Balaban J connectivity index is 1.70. The number of aromatic amines is 1. The van der Waals surface area contributed by atoms with Crippen LogP contribution in [0.4, 0.5) is 0 Å². The zero-order chi connectivity index (χ0) is 16.2. The maximum absolute atomic E-state index is 12.3. The first-order valence-electron chi connectivity index (χ1n) is 7.16. The number of amides is 1. The van der Waals surface area contributed by atoms with E-state index in [9.17, 15) is 14.4 Å². The average Bonchev–Trinajstić information content (AvgIpc) is 3.06. The fraction of sp³-hybridized carbons (Fsp3) is 0.188. The zero-order valence-electron chi connectivity index (χ0n) is 12.2. The zero-order valence-corrected chi connectivity index (χ0v) is 12.2. The van der Waals surface area contributed by atoms with E-state index in [-0.39, 0.29) is 25.4 Å². The van der Waals surface area contributed by atoms with Gasteiger partial charge in [0, 0.05) is 13.0 Å². The van der Waals surface area contributed by atoms with Gasteiger partial charge in [-0.25, -0.2) is 4.79 Å². The Labute approximate surface area is 130 Å². The Bertz CT molecular complexity index is 938. The van der Waals surface area contributed by atoms with E-state index < -0.39 is 11.2 Å². The monoisotopic (exact) mass is 313 g/mol. The molecule has 7 heteroatoms. The van der Waals surface area contributed by atoms with Gasteiger partial charge in [0.1, 0.15) is 5.76 Å². The van der Waals surface area contributed by atoms with Crippen molar-refractivity contribution in [1.82, 2.24) is 14.9 Å². The number of carbonyl (C=O) groups is 1. The van der Waals surface area contributed by atoms with Crippen molar-refractivity contribution in [2.24, 2.45) is 0 Å². The van der Waals surface area contributed by atoms with Gasteiger partial charge in [-0.2, -0.15) is 0 Å². The largest absolute Gasteiger partial charge is 0.467 e. The molecule has 1 aromatic carbocycles. The van der Waals surface area contributed by atoms with Crippen LogP contribution in [0.1, 0.15) is 12.2 Å². The number of H-pyrrole nitrogens is 1. The molecule has 23 heavy (non-hydrogen) atoms. The molecule has 2 aromatic heterocycles. The second kappa shape index (κ2) is 6.35. The fourth-order valence-electron chi connectivity index (χ4n) is 2.30. The van der Waals surface area contributed by atoms with Crippen LogP contribution in [0.3, 0.4) is 0 Å². The minimum atomic E-state index is -0.521. The van der Waals surface area contributed by atoms with Gasteiger partial charge in [0.15, 0.2) is 0 Å². The van der Waals surface area contributed by atoms with Gasteiger partial charge in [0.05, 0.1) is 23.7 Å². The number of benzene rings is 1. The third-order valence-electron chi connectivity index (χ3n) is 3.49. The Morgan fingerprint density at radius 1 is 1.17 bits per heavy atom. The number of nitrogens with one attached hydrogen (secondary N) is 2. The van der Waals surface area contributed by atoms with Gasteiger partial charge in [-0.15, -0.1) is 0 Å². The highest BCUT2D eigenvalue weighted by atomic mass is 16.3. The normalized spacial score (nSPS) is 10.8. The van der Waals surface area contributed by atoms with Gasteiger partial charge in [0.25, 0.3) is 5.56 Å². The van der Waals surface area contributed by atoms with E-state index in [0.29, 0.717) is 16.7 Å². The van der Waals surface area contributed by atoms with E-state index >= 15 is 0 Å². The summed E-state index contributed by atoms with van der Waals surface area (Å²) in [6.45, 7) is 0.289. The van der Waals surface area contributed by atoms with Crippen molar-refractivity contribution < 1.29 is 9.21 Å². The van der Waals surface area contributed by atoms with Crippen molar-refractivity contribution >= 4 is 16.8 Å². The number of para-hydroxylation sites is 1. The molecule has 118 valence electrons. The van der Waals surface area contributed by atoms with Crippen LogP contribution in [0.15, 0.2) is 56.7 Å². The smallest absolute Gasteiger partial charge is 0.328 e. The minimum absolute atomic E-state index is 0.0169. The molecule has 0 radical (unpaired) electrons. The van der Waals surface area contributed by atoms with Crippen molar-refractivity contribution in [3.63, 3.8) is 0 Å². The van der Waals surface area contributed by atoms with Crippen molar-refractivity contribution in [3.05, 3.63) is 69.3 Å². The first-order chi connectivity index (χ1) is 11.1. The molecule has 2 heterocycles. The van der Waals surface area contributed by atoms with Gasteiger partial charge >= 0.3 is 5.69 Å². The summed E-state index contributed by atoms with van der Waals surface area (Å²) in [6, 6.07) is 10.3. The van der Waals surface area contributed by atoms with Crippen LogP contribution in [0.25, 0.3) is 10.9 Å². The number of carbonyl (C=O) groups excluding carboxylic acids is 1. The Kier molecular flexibility index (Phi) is 4.09. The summed E-state index contributed by atoms with van der Waals surface area (Å²) >= 11 is 0. The quantitative estimate of drug-likeness (QED) is 0.734. The second-order valence-electron chi connectivity index (χ2n) is 5.04. The molecule has 0 atom stereocenters. The van der Waals surface area contributed by atoms with Crippen molar-refractivity contribution in [3.8, 4) is 0 Å². The summed E-state index contributed by atoms with van der Waals surface area (Å²) < 4.78 is 6.14. The number of furan rings is 1. The van der Waals surface area contributed by atoms with Crippen LogP contribution in [0.2, 0.25) is 0 Å². The third-order valence-corrected chi connectivity index (χ3v) is 3.49. The lowest BCUT2D eigenvalue weighted by Crippen LogP contribution is -2.36. The third kappa shape index (κ3) is 3.23. The summed E-state index contributed by atoms with van der Waals surface area (Å²) in [6.07, 6.45) is 1.55. The molecule has 0 saturated carbocycles. The van der Waals surface area contributed by atoms with E-state index in [0.717, 1.165) is 4.57 Å². The van der Waals surface area contributed by atoms with Crippen molar-refractivity contribution in [2.75, 3.05) is 0 Å². The standard InChI is InChI=1S/C16H15N3O4/c20-14(17-10-11-4-3-9-23-11)7-8-19-15(21)12-5-1-2-6-13(12)18-16(19)22/h1-6,9H,7-8,10H2,(H,17,20)(H,18,22). The number of hydrogen-bond acceptors (Lipinski definition) is 4. The van der Waals surface area contributed by atoms with Gasteiger partial charge in [0.2, 0.25) is 5.91 Å². The SMILES string of the molecule is O=C(CCn1c(=O)[nH]c2ccccc2c1=O)NCc1ccco1. The lowest BCUT2D eigenvalue weighted by Gasteiger charge is -2.07. The topological polar surface area (TPSA) is 97.1 Å². The predicted octanol–water partition coefficient (Wildman–Crippen LogP) is 0.989. The highest BCUT2D eigenvalue weighted by Gasteiger charge is 2.09. The first-order valence-corrected chi connectivity index (χ1v) is 7.16. The van der Waals surface area contributed by atoms with Crippen LogP contribution in [-0.4, -0.2) is 15.5 Å². The van der Waals surface area contributed by atoms with Crippen LogP contribution >= 0.6 is 0 Å². The average molecular weight is 313 g/mol. The minimum Gasteiger partial charge on any atom is -0.467 e. The van der Waals surface area contributed by atoms with Crippen molar-refractivity contribution in [1.29, 1.82) is 0 Å². The Morgan fingerprint density at radius 2 is 2.00 bits per heavy atom. The lowest BCUT2D eigenvalue weighted by molar-refractivity contribution is -0.121. The molecular weight excluding hydrogens is 298 g/mol. The molecule has 0 unspecified atom stereocenters. The molecule has 3 aromatic rings. The number of rotatable bonds is 5. The molecule has 0 fully saturated rings. The molecule has 0 aliphatic heterocycles. The van der Waals surface area contributed by atoms with E-state index in [4.69, 9.17) is 4.42 Å². The summed E-state index contributed by atoms with van der Waals surface area (Å²) in [5.41, 5.74) is -0.434. The van der Waals surface area contributed by atoms with Crippen LogP contribution < -0.4 is 16.6 Å². The Hall–Kier alpha value is -3.09. The summed E-state index contributed by atoms with van der Waals surface area (Å²) in [7, 11) is 0. The van der Waals surface area contributed by atoms with E-state index in [1.165, 1.54) is 6.26 Å². The van der Waals surface area contributed by atoms with Gasteiger partial charge < -0.3 is 14.7 Å². The first kappa shape index (κ1) is 14.8. The summed E-state index contributed by atoms with van der Waals surface area (Å²) in [4.78, 5) is 38.7. The molecule has 1 amide bonds. The van der Waals surface area contributed by atoms with E-state index in [1.807, 2.05) is 0 Å². The molecular formula is C16H15N3O4. The maximum Gasteiger partial charge on any atom is 0.328 e. The molecule has 2 N–H and O–H groups in total. The number of fused-ring (bicyclic) bond motifs is 1. The lowest BCUT2D eigenvalue weighted by atomic mass is 10.2. The number of nitrogens with zero attached hydrogens (tertiary/aromatic N) is 1. The van der Waals surface area contributed by atoms with Gasteiger partial charge in [-0.1, -0.05) is 12.1 Å². The molecule has 0 saturated heterocycles. The number of aromatic nitrogens is 2. The Morgan fingerprint density at radius 3 is 2.78 bits per heavy atom. The maximum atomic E-state index is 12.3. The fourth-order valence-corrected chi connectivity index (χ4v) is 2.30. The number of hydrogen-bond donors (Lipinski definition) is 2. The molecule has 0 bridgehead atoms. The second-order valence-corrected chi connectivity index (χ2v) is 5.04. The molecule has 0 spiro atoms. The molecule has 7 nitrogen and oxygen atoms in total.